The minimum atomic E-state index is -0.128. The molecule has 0 saturated carbocycles. The van der Waals surface area contributed by atoms with Crippen molar-refractivity contribution < 1.29 is 9.32 Å². The molecule has 2 aromatic rings. The molecule has 0 N–H and O–H groups in total. The van der Waals surface area contributed by atoms with Crippen LogP contribution in [-0.2, 0) is 0 Å². The van der Waals surface area contributed by atoms with Crippen molar-refractivity contribution in [3.05, 3.63) is 53.9 Å². The summed E-state index contributed by atoms with van der Waals surface area (Å²) >= 11 is 0. The van der Waals surface area contributed by atoms with Crippen molar-refractivity contribution in [2.75, 3.05) is 6.54 Å². The zero-order chi connectivity index (χ0) is 15.5. The summed E-state index contributed by atoms with van der Waals surface area (Å²) in [7, 11) is 0. The number of ketones is 1. The molecule has 0 amide bonds. The SMILES string of the molecule is CCC(C(=O)c1ccno1)N1CCC(c2ccccc2)C1C. The lowest BCUT2D eigenvalue weighted by Crippen LogP contribution is -2.43. The van der Waals surface area contributed by atoms with E-state index in [1.807, 2.05) is 6.07 Å². The molecule has 22 heavy (non-hydrogen) atoms. The minimum absolute atomic E-state index is 0.0422. The summed E-state index contributed by atoms with van der Waals surface area (Å²) in [6, 6.07) is 12.5. The van der Waals surface area contributed by atoms with Crippen LogP contribution in [0, 0.1) is 0 Å². The van der Waals surface area contributed by atoms with Gasteiger partial charge in [0.2, 0.25) is 11.5 Å². The lowest BCUT2D eigenvalue weighted by Gasteiger charge is -2.31. The molecule has 3 rings (SSSR count). The number of nitrogens with zero attached hydrogens (tertiary/aromatic N) is 2. The van der Waals surface area contributed by atoms with Crippen molar-refractivity contribution in [1.29, 1.82) is 0 Å². The fourth-order valence-corrected chi connectivity index (χ4v) is 3.63. The fraction of sp³-hybridized carbons (Fsp3) is 0.444. The predicted octanol–water partition coefficient (Wildman–Crippen LogP) is 3.51. The number of rotatable bonds is 5. The first kappa shape index (κ1) is 15.0. The molecule has 3 unspecified atom stereocenters. The molecule has 0 aliphatic carbocycles. The van der Waals surface area contributed by atoms with E-state index in [0.29, 0.717) is 17.7 Å². The van der Waals surface area contributed by atoms with Crippen molar-refractivity contribution >= 4 is 5.78 Å². The van der Waals surface area contributed by atoms with Crippen molar-refractivity contribution in [2.24, 2.45) is 0 Å². The number of benzene rings is 1. The number of aromatic nitrogens is 1. The largest absolute Gasteiger partial charge is 0.353 e. The zero-order valence-electron chi connectivity index (χ0n) is 13.1. The first-order valence-electron chi connectivity index (χ1n) is 7.98. The zero-order valence-corrected chi connectivity index (χ0v) is 13.1. The lowest BCUT2D eigenvalue weighted by molar-refractivity contribution is 0.0758. The van der Waals surface area contributed by atoms with Crippen LogP contribution in [0.25, 0.3) is 0 Å². The van der Waals surface area contributed by atoms with Gasteiger partial charge in [-0.1, -0.05) is 42.4 Å². The highest BCUT2D eigenvalue weighted by molar-refractivity contribution is 5.97. The van der Waals surface area contributed by atoms with Crippen LogP contribution < -0.4 is 0 Å². The Morgan fingerprint density at radius 2 is 2.14 bits per heavy atom. The third-order valence-corrected chi connectivity index (χ3v) is 4.80. The van der Waals surface area contributed by atoms with Crippen LogP contribution in [0.2, 0.25) is 0 Å². The van der Waals surface area contributed by atoms with Crippen LogP contribution in [0.3, 0.4) is 0 Å². The Balaban J connectivity index is 1.78. The third-order valence-electron chi connectivity index (χ3n) is 4.80. The molecule has 0 radical (unpaired) electrons. The summed E-state index contributed by atoms with van der Waals surface area (Å²) in [5.74, 6) is 0.889. The van der Waals surface area contributed by atoms with Gasteiger partial charge in [0.25, 0.3) is 0 Å². The van der Waals surface area contributed by atoms with E-state index in [9.17, 15) is 4.79 Å². The van der Waals surface area contributed by atoms with Gasteiger partial charge < -0.3 is 4.52 Å². The molecule has 1 aliphatic rings. The Kier molecular flexibility index (Phi) is 4.39. The molecule has 0 spiro atoms. The Bertz CT molecular complexity index is 609. The summed E-state index contributed by atoms with van der Waals surface area (Å²) in [6.45, 7) is 5.22. The topological polar surface area (TPSA) is 46.3 Å². The molecular formula is C18H22N2O2. The monoisotopic (exact) mass is 298 g/mol. The van der Waals surface area contributed by atoms with Crippen LogP contribution in [0.4, 0.5) is 0 Å². The summed E-state index contributed by atoms with van der Waals surface area (Å²) in [4.78, 5) is 15.0. The normalized spacial score (nSPS) is 23.5. The van der Waals surface area contributed by atoms with Gasteiger partial charge in [-0.25, -0.2) is 0 Å². The lowest BCUT2D eigenvalue weighted by atomic mass is 9.92. The van der Waals surface area contributed by atoms with Crippen molar-refractivity contribution in [3.63, 3.8) is 0 Å². The quantitative estimate of drug-likeness (QED) is 0.792. The molecule has 1 aliphatic heterocycles. The standard InChI is InChI=1S/C18H22N2O2/c1-3-16(18(21)17-9-11-19-22-17)20-12-10-15(13(20)2)14-7-5-4-6-8-14/h4-9,11,13,15-16H,3,10,12H2,1-2H3. The molecule has 1 aromatic carbocycles. The number of Topliss-reactive ketones (excluding diaryl/α,β-unsaturated/α-hetero) is 1. The molecule has 0 bridgehead atoms. The predicted molar refractivity (Wildman–Crippen MR) is 84.9 cm³/mol. The molecule has 4 heteroatoms. The number of carbonyl (C=O) groups excluding carboxylic acids is 1. The molecule has 1 saturated heterocycles. The number of likely N-dealkylation sites (tertiary alicyclic amines) is 1. The Hall–Kier alpha value is -1.94. The van der Waals surface area contributed by atoms with Crippen LogP contribution in [0.15, 0.2) is 47.1 Å². The fourth-order valence-electron chi connectivity index (χ4n) is 3.63. The van der Waals surface area contributed by atoms with Crippen molar-refractivity contribution in [2.45, 2.75) is 44.7 Å². The van der Waals surface area contributed by atoms with E-state index < -0.39 is 0 Å². The molecule has 116 valence electrons. The van der Waals surface area contributed by atoms with Gasteiger partial charge in [-0.2, -0.15) is 0 Å². The second-order valence-electron chi connectivity index (χ2n) is 5.95. The minimum Gasteiger partial charge on any atom is -0.353 e. The smallest absolute Gasteiger partial charge is 0.217 e. The number of hydrogen-bond donors (Lipinski definition) is 0. The average Bonchev–Trinajstić information content (AvgIpc) is 3.20. The van der Waals surface area contributed by atoms with E-state index >= 15 is 0 Å². The first-order valence-corrected chi connectivity index (χ1v) is 7.98. The van der Waals surface area contributed by atoms with E-state index in [1.165, 1.54) is 11.8 Å². The van der Waals surface area contributed by atoms with Gasteiger partial charge in [0, 0.05) is 18.0 Å². The summed E-state index contributed by atoms with van der Waals surface area (Å²) < 4.78 is 5.06. The van der Waals surface area contributed by atoms with Crippen LogP contribution in [-0.4, -0.2) is 34.5 Å². The van der Waals surface area contributed by atoms with Gasteiger partial charge in [-0.05, 0) is 31.9 Å². The molecular weight excluding hydrogens is 276 g/mol. The molecule has 4 nitrogen and oxygen atoms in total. The highest BCUT2D eigenvalue weighted by atomic mass is 16.5. The van der Waals surface area contributed by atoms with Crippen LogP contribution in [0.1, 0.15) is 48.7 Å². The highest BCUT2D eigenvalue weighted by Gasteiger charge is 2.38. The second-order valence-corrected chi connectivity index (χ2v) is 5.95. The second kappa shape index (κ2) is 6.44. The van der Waals surface area contributed by atoms with Crippen molar-refractivity contribution in [1.82, 2.24) is 10.1 Å². The van der Waals surface area contributed by atoms with Gasteiger partial charge >= 0.3 is 0 Å². The van der Waals surface area contributed by atoms with Gasteiger partial charge in [0.1, 0.15) is 0 Å². The highest BCUT2D eigenvalue weighted by Crippen LogP contribution is 2.35. The molecule has 1 aromatic heterocycles. The maximum atomic E-state index is 12.6. The average molecular weight is 298 g/mol. The Morgan fingerprint density at radius 3 is 2.77 bits per heavy atom. The molecule has 2 heterocycles. The summed E-state index contributed by atoms with van der Waals surface area (Å²) in [5, 5.41) is 3.65. The van der Waals surface area contributed by atoms with E-state index in [1.54, 1.807) is 6.07 Å². The van der Waals surface area contributed by atoms with E-state index in [-0.39, 0.29) is 11.8 Å². The Morgan fingerprint density at radius 1 is 1.36 bits per heavy atom. The summed E-state index contributed by atoms with van der Waals surface area (Å²) in [5.41, 5.74) is 1.36. The maximum absolute atomic E-state index is 12.6. The first-order chi connectivity index (χ1) is 10.7. The van der Waals surface area contributed by atoms with Crippen LogP contribution in [0.5, 0.6) is 0 Å². The summed E-state index contributed by atoms with van der Waals surface area (Å²) in [6.07, 6.45) is 3.40. The molecule has 3 atom stereocenters. The maximum Gasteiger partial charge on any atom is 0.217 e. The van der Waals surface area contributed by atoms with E-state index in [4.69, 9.17) is 4.52 Å². The number of carbonyl (C=O) groups is 1. The van der Waals surface area contributed by atoms with Gasteiger partial charge in [-0.3, -0.25) is 9.69 Å². The van der Waals surface area contributed by atoms with Crippen molar-refractivity contribution in [3.8, 4) is 0 Å². The van der Waals surface area contributed by atoms with Gasteiger partial charge in [0.05, 0.1) is 12.2 Å². The third kappa shape index (κ3) is 2.71. The van der Waals surface area contributed by atoms with E-state index in [2.05, 4.69) is 48.2 Å². The number of hydrogen-bond acceptors (Lipinski definition) is 4. The van der Waals surface area contributed by atoms with Gasteiger partial charge in [-0.15, -0.1) is 0 Å². The Labute approximate surface area is 131 Å². The van der Waals surface area contributed by atoms with Gasteiger partial charge in [0.15, 0.2) is 0 Å². The van der Waals surface area contributed by atoms with E-state index in [0.717, 1.165) is 19.4 Å². The molecule has 1 fully saturated rings. The van der Waals surface area contributed by atoms with Crippen LogP contribution >= 0.6 is 0 Å².